The molecule has 2 aliphatic rings. The van der Waals surface area contributed by atoms with E-state index in [1.165, 1.54) is 31.5 Å². The summed E-state index contributed by atoms with van der Waals surface area (Å²) in [6.45, 7) is 0.495. The number of carbonyl (C=O) groups is 1. The van der Waals surface area contributed by atoms with E-state index in [-0.39, 0.29) is 18.0 Å². The molecule has 0 radical (unpaired) electrons. The number of nitriles is 2. The maximum atomic E-state index is 12.0. The fourth-order valence-electron chi connectivity index (χ4n) is 4.16. The van der Waals surface area contributed by atoms with Crippen molar-refractivity contribution in [2.75, 3.05) is 18.9 Å². The van der Waals surface area contributed by atoms with E-state index in [1.807, 2.05) is 12.1 Å². The Morgan fingerprint density at radius 2 is 1.41 bits per heavy atom. The van der Waals surface area contributed by atoms with Crippen LogP contribution in [0.3, 0.4) is 0 Å². The molecule has 0 aromatic carbocycles. The lowest BCUT2D eigenvalue weighted by molar-refractivity contribution is -0.116. The lowest BCUT2D eigenvalue weighted by Crippen LogP contribution is -2.32. The SMILES string of the molecule is CC(=O)Cc1ccn([C@@H]2O[C@H](CO)[C@@H](O)[C@@H]2C#N)c(=O)n1.N#C[C@H]1[C@H](O)[C@@H](CO)O[C@H]1n1ccc(N)nc1=O. The number of anilines is 1. The number of aliphatic hydroxyl groups is 4. The maximum Gasteiger partial charge on any atom is 0.351 e. The van der Waals surface area contributed by atoms with Crippen molar-refractivity contribution in [3.05, 3.63) is 51.2 Å². The molecule has 0 aliphatic carbocycles. The first-order valence-corrected chi connectivity index (χ1v) is 11.7. The van der Waals surface area contributed by atoms with Gasteiger partial charge in [-0.15, -0.1) is 0 Å². The van der Waals surface area contributed by atoms with Gasteiger partial charge in [0.25, 0.3) is 0 Å². The molecule has 39 heavy (non-hydrogen) atoms. The number of rotatable bonds is 6. The highest BCUT2D eigenvalue weighted by atomic mass is 16.5. The highest BCUT2D eigenvalue weighted by Crippen LogP contribution is 2.34. The Labute approximate surface area is 220 Å². The molecule has 208 valence electrons. The number of carbonyl (C=O) groups excluding carboxylic acids is 1. The minimum Gasteiger partial charge on any atom is -0.394 e. The lowest BCUT2D eigenvalue weighted by Gasteiger charge is -2.16. The van der Waals surface area contributed by atoms with Crippen molar-refractivity contribution in [3.63, 3.8) is 0 Å². The first-order chi connectivity index (χ1) is 18.6. The van der Waals surface area contributed by atoms with Crippen LogP contribution in [0.2, 0.25) is 0 Å². The summed E-state index contributed by atoms with van der Waals surface area (Å²) in [4.78, 5) is 41.9. The Balaban J connectivity index is 0.000000218. The van der Waals surface area contributed by atoms with Gasteiger partial charge in [0.15, 0.2) is 12.5 Å². The first kappa shape index (κ1) is 29.5. The number of hydrogen-bond acceptors (Lipinski definition) is 14. The second-order valence-corrected chi connectivity index (χ2v) is 8.82. The van der Waals surface area contributed by atoms with Crippen LogP contribution in [0.1, 0.15) is 25.1 Å². The summed E-state index contributed by atoms with van der Waals surface area (Å²) in [6, 6.07) is 6.61. The first-order valence-electron chi connectivity index (χ1n) is 11.7. The van der Waals surface area contributed by atoms with E-state index in [1.54, 1.807) is 0 Å². The van der Waals surface area contributed by atoms with Gasteiger partial charge in [0, 0.05) is 18.8 Å². The van der Waals surface area contributed by atoms with E-state index in [4.69, 9.17) is 35.9 Å². The molecular weight excluding hydrogens is 518 g/mol. The van der Waals surface area contributed by atoms with Crippen molar-refractivity contribution >= 4 is 11.6 Å². The van der Waals surface area contributed by atoms with Gasteiger partial charge in [-0.2, -0.15) is 20.5 Å². The van der Waals surface area contributed by atoms with Gasteiger partial charge in [-0.3, -0.25) is 13.9 Å². The van der Waals surface area contributed by atoms with Crippen LogP contribution in [0.25, 0.3) is 0 Å². The Bertz CT molecular complexity index is 1380. The minimum atomic E-state index is -1.19. The standard InChI is InChI=1S/C13H15N3O5.C10H12N4O4/c1-7(18)4-8-2-3-16(13(20)15-8)12-9(5-14)11(19)10(6-17)21-12;11-3-5-8(16)6(4-15)18-9(5)14-2-1-7(12)13-10(14)17/h2-3,9-12,17,19H,4,6H2,1H3;1-2,5-6,8-9,15-16H,4H2,(H2,12,13,17)/t9-,10+,11-,12+;5-,6+,8-,9+/m00/s1. The molecule has 2 aromatic rings. The Morgan fingerprint density at radius 1 is 0.949 bits per heavy atom. The molecular formula is C23H27N7O9. The Morgan fingerprint density at radius 3 is 1.79 bits per heavy atom. The molecule has 2 saturated heterocycles. The lowest BCUT2D eigenvalue weighted by atomic mass is 10.0. The van der Waals surface area contributed by atoms with Crippen LogP contribution in [-0.2, 0) is 20.7 Å². The average Bonchev–Trinajstić information content (AvgIpc) is 3.39. The van der Waals surface area contributed by atoms with Gasteiger partial charge in [0.05, 0.1) is 31.0 Å². The third-order valence-corrected chi connectivity index (χ3v) is 6.12. The summed E-state index contributed by atoms with van der Waals surface area (Å²) in [6.07, 6.45) is -3.42. The summed E-state index contributed by atoms with van der Waals surface area (Å²) in [5.74, 6) is -2.00. The summed E-state index contributed by atoms with van der Waals surface area (Å²) < 4.78 is 12.8. The average molecular weight is 546 g/mol. The van der Waals surface area contributed by atoms with Crippen molar-refractivity contribution in [2.24, 2.45) is 11.8 Å². The van der Waals surface area contributed by atoms with Crippen LogP contribution in [0.4, 0.5) is 5.82 Å². The third-order valence-electron chi connectivity index (χ3n) is 6.12. The van der Waals surface area contributed by atoms with Crippen LogP contribution in [0.5, 0.6) is 0 Å². The zero-order chi connectivity index (χ0) is 28.9. The molecule has 0 amide bonds. The molecule has 2 aromatic heterocycles. The second-order valence-electron chi connectivity index (χ2n) is 8.82. The van der Waals surface area contributed by atoms with E-state index in [0.717, 1.165) is 9.13 Å². The summed E-state index contributed by atoms with van der Waals surface area (Å²) in [5.41, 5.74) is 4.33. The molecule has 0 spiro atoms. The normalized spacial score (nSPS) is 29.6. The van der Waals surface area contributed by atoms with Crippen LogP contribution < -0.4 is 17.1 Å². The zero-order valence-corrected chi connectivity index (χ0v) is 20.6. The maximum absolute atomic E-state index is 12.0. The van der Waals surface area contributed by atoms with Gasteiger partial charge in [-0.05, 0) is 19.1 Å². The number of ether oxygens (including phenoxy) is 2. The van der Waals surface area contributed by atoms with E-state index in [2.05, 4.69) is 9.97 Å². The Kier molecular flexibility index (Phi) is 9.60. The topological polar surface area (TPSA) is 260 Å². The monoisotopic (exact) mass is 545 g/mol. The summed E-state index contributed by atoms with van der Waals surface area (Å²) in [7, 11) is 0. The van der Waals surface area contributed by atoms with Gasteiger partial charge in [0.2, 0.25) is 0 Å². The highest BCUT2D eigenvalue weighted by molar-refractivity contribution is 5.77. The number of nitrogens with zero attached hydrogens (tertiary/aromatic N) is 6. The molecule has 0 saturated carbocycles. The van der Waals surface area contributed by atoms with Gasteiger partial charge < -0.3 is 35.6 Å². The number of nitrogen functional groups attached to an aromatic ring is 1. The van der Waals surface area contributed by atoms with Crippen molar-refractivity contribution in [2.45, 2.75) is 50.2 Å². The van der Waals surface area contributed by atoms with Gasteiger partial charge >= 0.3 is 11.4 Å². The van der Waals surface area contributed by atoms with Crippen molar-refractivity contribution in [3.8, 4) is 12.1 Å². The molecule has 4 heterocycles. The molecule has 2 fully saturated rings. The molecule has 16 nitrogen and oxygen atoms in total. The van der Waals surface area contributed by atoms with Crippen molar-refractivity contribution < 1.29 is 34.7 Å². The van der Waals surface area contributed by atoms with Gasteiger partial charge in [-0.1, -0.05) is 0 Å². The summed E-state index contributed by atoms with van der Waals surface area (Å²) in [5, 5.41) is 55.8. The molecule has 8 atom stereocenters. The minimum absolute atomic E-state index is 0.0468. The molecule has 6 N–H and O–H groups in total. The Hall–Kier alpha value is -4.03. The van der Waals surface area contributed by atoms with Gasteiger partial charge in [-0.25, -0.2) is 9.59 Å². The fraction of sp³-hybridized carbons (Fsp3) is 0.522. The number of Topliss-reactive ketones (excluding diaryl/α,β-unsaturated/α-hetero) is 1. The van der Waals surface area contributed by atoms with E-state index < -0.39 is 73.3 Å². The van der Waals surface area contributed by atoms with Crippen LogP contribution in [-0.4, -0.2) is 82.9 Å². The fourth-order valence-corrected chi connectivity index (χ4v) is 4.16. The number of aromatic nitrogens is 4. The van der Waals surface area contributed by atoms with Crippen molar-refractivity contribution in [1.29, 1.82) is 10.5 Å². The molecule has 2 aliphatic heterocycles. The largest absolute Gasteiger partial charge is 0.394 e. The van der Waals surface area contributed by atoms with E-state index >= 15 is 0 Å². The highest BCUT2D eigenvalue weighted by Gasteiger charge is 2.46. The summed E-state index contributed by atoms with van der Waals surface area (Å²) >= 11 is 0. The predicted molar refractivity (Wildman–Crippen MR) is 128 cm³/mol. The smallest absolute Gasteiger partial charge is 0.351 e. The predicted octanol–water partition coefficient (Wildman–Crippen LogP) is -3.02. The van der Waals surface area contributed by atoms with Crippen LogP contribution >= 0.6 is 0 Å². The number of aliphatic hydroxyl groups excluding tert-OH is 4. The number of hydrogen-bond donors (Lipinski definition) is 5. The van der Waals surface area contributed by atoms with Crippen LogP contribution in [0.15, 0.2) is 34.1 Å². The molecule has 4 rings (SSSR count). The quantitative estimate of drug-likeness (QED) is 0.242. The number of nitrogens with two attached hydrogens (primary N) is 1. The van der Waals surface area contributed by atoms with E-state index in [9.17, 15) is 24.6 Å². The van der Waals surface area contributed by atoms with Crippen LogP contribution in [0, 0.1) is 34.5 Å². The molecule has 16 heteroatoms. The van der Waals surface area contributed by atoms with Crippen molar-refractivity contribution in [1.82, 2.24) is 19.1 Å². The second kappa shape index (κ2) is 12.7. The zero-order valence-electron chi connectivity index (χ0n) is 20.6. The third kappa shape index (κ3) is 6.35. The molecule has 0 bridgehead atoms. The van der Waals surface area contributed by atoms with E-state index in [0.29, 0.717) is 5.69 Å². The number of ketones is 1. The molecule has 0 unspecified atom stereocenters. The van der Waals surface area contributed by atoms with Gasteiger partial charge in [0.1, 0.15) is 47.9 Å².